The minimum atomic E-state index is 0.177. The quantitative estimate of drug-likeness (QED) is 0.787. The van der Waals surface area contributed by atoms with Gasteiger partial charge in [-0.1, -0.05) is 24.6 Å². The molecule has 0 bridgehead atoms. The summed E-state index contributed by atoms with van der Waals surface area (Å²) in [5, 5.41) is 3.43. The van der Waals surface area contributed by atoms with Crippen molar-refractivity contribution in [2.24, 2.45) is 0 Å². The van der Waals surface area contributed by atoms with Gasteiger partial charge in [-0.2, -0.15) is 0 Å². The van der Waals surface area contributed by atoms with Gasteiger partial charge in [0.15, 0.2) is 0 Å². The van der Waals surface area contributed by atoms with Crippen LogP contribution in [0.4, 0.5) is 0 Å². The van der Waals surface area contributed by atoms with Gasteiger partial charge < -0.3 is 15.0 Å². The molecule has 1 aromatic carbocycles. The highest BCUT2D eigenvalue weighted by Gasteiger charge is 2.15. The van der Waals surface area contributed by atoms with E-state index in [4.69, 9.17) is 4.74 Å². The molecule has 1 amide bonds. The Morgan fingerprint density at radius 2 is 2.05 bits per heavy atom. The molecule has 2 rings (SSSR count). The second-order valence-electron chi connectivity index (χ2n) is 6.14. The number of para-hydroxylation sites is 1. The molecule has 1 aliphatic rings. The highest BCUT2D eigenvalue weighted by molar-refractivity contribution is 5.76. The molecule has 0 saturated carbocycles. The topological polar surface area (TPSA) is 41.6 Å². The van der Waals surface area contributed by atoms with Gasteiger partial charge in [-0.05, 0) is 32.8 Å². The van der Waals surface area contributed by atoms with Crippen LogP contribution in [0.1, 0.15) is 45.1 Å². The van der Waals surface area contributed by atoms with Gasteiger partial charge in [-0.3, -0.25) is 4.79 Å². The molecule has 22 heavy (non-hydrogen) atoms. The molecule has 122 valence electrons. The van der Waals surface area contributed by atoms with E-state index in [0.717, 1.165) is 44.8 Å². The summed E-state index contributed by atoms with van der Waals surface area (Å²) in [6, 6.07) is 8.12. The lowest BCUT2D eigenvalue weighted by atomic mass is 10.2. The van der Waals surface area contributed by atoms with Crippen molar-refractivity contribution in [1.29, 1.82) is 0 Å². The van der Waals surface area contributed by atoms with Crippen molar-refractivity contribution in [2.45, 2.75) is 52.2 Å². The molecule has 0 radical (unpaired) electrons. The average molecular weight is 304 g/mol. The van der Waals surface area contributed by atoms with Crippen LogP contribution in [0, 0.1) is 0 Å². The molecule has 1 N–H and O–H groups in total. The van der Waals surface area contributed by atoms with Crippen molar-refractivity contribution < 1.29 is 9.53 Å². The Morgan fingerprint density at radius 1 is 1.23 bits per heavy atom. The number of hydrogen-bond acceptors (Lipinski definition) is 3. The van der Waals surface area contributed by atoms with Crippen LogP contribution in [0.25, 0.3) is 0 Å². The lowest BCUT2D eigenvalue weighted by molar-refractivity contribution is -0.130. The molecule has 0 unspecified atom stereocenters. The lowest BCUT2D eigenvalue weighted by Gasteiger charge is -2.21. The van der Waals surface area contributed by atoms with Crippen LogP contribution in [-0.2, 0) is 11.3 Å². The van der Waals surface area contributed by atoms with E-state index in [0.29, 0.717) is 12.3 Å². The van der Waals surface area contributed by atoms with Gasteiger partial charge in [-0.25, -0.2) is 0 Å². The first-order valence-corrected chi connectivity index (χ1v) is 8.40. The SMILES string of the molecule is CC(C)Oc1ccccc1CNCCN1CCCCCC1=O. The standard InChI is InChI=1S/C18H28N2O2/c1-15(2)22-17-9-6-5-8-16(17)14-19-11-13-20-12-7-3-4-10-18(20)21/h5-6,8-9,15,19H,3-4,7,10-14H2,1-2H3. The first kappa shape index (κ1) is 16.8. The number of nitrogens with zero attached hydrogens (tertiary/aromatic N) is 1. The van der Waals surface area contributed by atoms with E-state index in [1.807, 2.05) is 36.9 Å². The van der Waals surface area contributed by atoms with Crippen molar-refractivity contribution in [3.05, 3.63) is 29.8 Å². The summed E-state index contributed by atoms with van der Waals surface area (Å²) >= 11 is 0. The Kier molecular flexibility index (Phi) is 6.72. The van der Waals surface area contributed by atoms with Crippen LogP contribution in [0.15, 0.2) is 24.3 Å². The molecular weight excluding hydrogens is 276 g/mol. The number of hydrogen-bond donors (Lipinski definition) is 1. The molecule has 4 nitrogen and oxygen atoms in total. The molecule has 4 heteroatoms. The summed E-state index contributed by atoms with van der Waals surface area (Å²) < 4.78 is 5.82. The predicted octanol–water partition coefficient (Wildman–Crippen LogP) is 2.97. The van der Waals surface area contributed by atoms with Crippen LogP contribution < -0.4 is 10.1 Å². The fraction of sp³-hybridized carbons (Fsp3) is 0.611. The fourth-order valence-corrected chi connectivity index (χ4v) is 2.73. The Bertz CT molecular complexity index is 474. The average Bonchev–Trinajstić information content (AvgIpc) is 2.69. The molecular formula is C18H28N2O2. The largest absolute Gasteiger partial charge is 0.491 e. The monoisotopic (exact) mass is 304 g/mol. The van der Waals surface area contributed by atoms with Crippen molar-refractivity contribution in [3.63, 3.8) is 0 Å². The van der Waals surface area contributed by atoms with Gasteiger partial charge >= 0.3 is 0 Å². The van der Waals surface area contributed by atoms with Crippen molar-refractivity contribution in [1.82, 2.24) is 10.2 Å². The Labute approximate surface area is 133 Å². The molecule has 0 aromatic heterocycles. The van der Waals surface area contributed by atoms with Gasteiger partial charge in [0, 0.05) is 38.2 Å². The first-order valence-electron chi connectivity index (χ1n) is 8.40. The molecule has 0 aliphatic carbocycles. The van der Waals surface area contributed by atoms with Gasteiger partial charge in [0.05, 0.1) is 6.10 Å². The Hall–Kier alpha value is -1.55. The number of nitrogens with one attached hydrogen (secondary N) is 1. The Morgan fingerprint density at radius 3 is 2.86 bits per heavy atom. The predicted molar refractivity (Wildman–Crippen MR) is 89.0 cm³/mol. The summed E-state index contributed by atoms with van der Waals surface area (Å²) in [6.07, 6.45) is 4.25. The van der Waals surface area contributed by atoms with Crippen molar-refractivity contribution >= 4 is 5.91 Å². The molecule has 0 spiro atoms. The third kappa shape index (κ3) is 5.34. The minimum absolute atomic E-state index is 0.177. The van der Waals surface area contributed by atoms with Crippen LogP contribution in [-0.4, -0.2) is 36.5 Å². The molecule has 1 aliphatic heterocycles. The molecule has 1 aromatic rings. The normalized spacial score (nSPS) is 16.0. The highest BCUT2D eigenvalue weighted by Crippen LogP contribution is 2.19. The molecule has 0 atom stereocenters. The number of rotatable bonds is 7. The number of likely N-dealkylation sites (tertiary alicyclic amines) is 1. The maximum absolute atomic E-state index is 11.9. The minimum Gasteiger partial charge on any atom is -0.491 e. The van der Waals surface area contributed by atoms with Crippen LogP contribution in [0.5, 0.6) is 5.75 Å². The van der Waals surface area contributed by atoms with Gasteiger partial charge in [0.2, 0.25) is 5.91 Å². The lowest BCUT2D eigenvalue weighted by Crippen LogP contribution is -2.36. The van der Waals surface area contributed by atoms with E-state index in [2.05, 4.69) is 11.4 Å². The van der Waals surface area contributed by atoms with Gasteiger partial charge in [-0.15, -0.1) is 0 Å². The summed E-state index contributed by atoms with van der Waals surface area (Å²) in [4.78, 5) is 13.9. The maximum Gasteiger partial charge on any atom is 0.222 e. The zero-order valence-electron chi connectivity index (χ0n) is 13.8. The fourth-order valence-electron chi connectivity index (χ4n) is 2.73. The summed E-state index contributed by atoms with van der Waals surface area (Å²) in [5.74, 6) is 1.25. The number of carbonyl (C=O) groups excluding carboxylic acids is 1. The number of amides is 1. The highest BCUT2D eigenvalue weighted by atomic mass is 16.5. The summed E-state index contributed by atoms with van der Waals surface area (Å²) in [7, 11) is 0. The zero-order chi connectivity index (χ0) is 15.8. The van der Waals surface area contributed by atoms with Crippen LogP contribution in [0.3, 0.4) is 0 Å². The summed E-state index contributed by atoms with van der Waals surface area (Å²) in [5.41, 5.74) is 1.17. The number of ether oxygens (including phenoxy) is 1. The van der Waals surface area contributed by atoms with E-state index in [9.17, 15) is 4.79 Å². The van der Waals surface area contributed by atoms with Crippen molar-refractivity contribution in [3.8, 4) is 5.75 Å². The molecule has 1 heterocycles. The van der Waals surface area contributed by atoms with Gasteiger partial charge in [0.25, 0.3) is 0 Å². The first-order chi connectivity index (χ1) is 10.7. The zero-order valence-corrected chi connectivity index (χ0v) is 13.8. The van der Waals surface area contributed by atoms with E-state index >= 15 is 0 Å². The van der Waals surface area contributed by atoms with E-state index < -0.39 is 0 Å². The van der Waals surface area contributed by atoms with Gasteiger partial charge in [0.1, 0.15) is 5.75 Å². The number of benzene rings is 1. The van der Waals surface area contributed by atoms with E-state index in [1.165, 1.54) is 12.0 Å². The van der Waals surface area contributed by atoms with E-state index in [-0.39, 0.29) is 6.10 Å². The second-order valence-corrected chi connectivity index (χ2v) is 6.14. The maximum atomic E-state index is 11.9. The third-order valence-corrected chi connectivity index (χ3v) is 3.88. The van der Waals surface area contributed by atoms with Crippen molar-refractivity contribution in [2.75, 3.05) is 19.6 Å². The smallest absolute Gasteiger partial charge is 0.222 e. The van der Waals surface area contributed by atoms with Crippen LogP contribution >= 0.6 is 0 Å². The molecule has 1 saturated heterocycles. The summed E-state index contributed by atoms with van der Waals surface area (Å²) in [6.45, 7) is 7.37. The number of carbonyl (C=O) groups is 1. The van der Waals surface area contributed by atoms with E-state index in [1.54, 1.807) is 0 Å². The third-order valence-electron chi connectivity index (χ3n) is 3.88. The second kappa shape index (κ2) is 8.79. The van der Waals surface area contributed by atoms with Crippen LogP contribution in [0.2, 0.25) is 0 Å². The Balaban J connectivity index is 1.77. The molecule has 1 fully saturated rings.